The number of carbonyl (C=O) groups is 2. The number of hydrogen-bond acceptors (Lipinski definition) is 5. The van der Waals surface area contributed by atoms with E-state index in [0.717, 1.165) is 10.5 Å². The summed E-state index contributed by atoms with van der Waals surface area (Å²) in [5.41, 5.74) is 1.46. The molecule has 0 saturated carbocycles. The molecule has 2 aromatic rings. The molecular formula is C19H19NO4S. The third-order valence-corrected chi connectivity index (χ3v) is 3.97. The lowest BCUT2D eigenvalue weighted by atomic mass is 10.2. The van der Waals surface area contributed by atoms with Crippen molar-refractivity contribution in [2.75, 3.05) is 25.3 Å². The normalized spacial score (nSPS) is 10.5. The number of methoxy groups -OCH3 is 1. The predicted molar refractivity (Wildman–Crippen MR) is 99.8 cm³/mol. The minimum absolute atomic E-state index is 0.342. The third-order valence-electron chi connectivity index (χ3n) is 3.22. The van der Waals surface area contributed by atoms with E-state index in [0.29, 0.717) is 11.4 Å². The Labute approximate surface area is 151 Å². The van der Waals surface area contributed by atoms with Gasteiger partial charge in [0.05, 0.1) is 7.11 Å². The second-order valence-electron chi connectivity index (χ2n) is 4.99. The van der Waals surface area contributed by atoms with Crippen molar-refractivity contribution in [2.45, 2.75) is 4.90 Å². The van der Waals surface area contributed by atoms with Crippen molar-refractivity contribution in [3.8, 4) is 5.75 Å². The van der Waals surface area contributed by atoms with Crippen LogP contribution in [0.25, 0.3) is 6.08 Å². The van der Waals surface area contributed by atoms with Crippen molar-refractivity contribution in [1.82, 2.24) is 0 Å². The second kappa shape index (κ2) is 9.54. The van der Waals surface area contributed by atoms with E-state index in [2.05, 4.69) is 5.32 Å². The minimum atomic E-state index is -0.587. The lowest BCUT2D eigenvalue weighted by Gasteiger charge is -2.06. The Balaban J connectivity index is 1.80. The molecule has 2 rings (SSSR count). The highest BCUT2D eigenvalue weighted by molar-refractivity contribution is 7.98. The van der Waals surface area contributed by atoms with Crippen molar-refractivity contribution < 1.29 is 19.1 Å². The van der Waals surface area contributed by atoms with Gasteiger partial charge in [0.1, 0.15) is 5.75 Å². The summed E-state index contributed by atoms with van der Waals surface area (Å²) < 4.78 is 10.0. The van der Waals surface area contributed by atoms with Gasteiger partial charge >= 0.3 is 5.97 Å². The molecule has 0 aliphatic heterocycles. The van der Waals surface area contributed by atoms with Crippen LogP contribution >= 0.6 is 11.8 Å². The van der Waals surface area contributed by atoms with Gasteiger partial charge in [0.25, 0.3) is 5.91 Å². The van der Waals surface area contributed by atoms with Gasteiger partial charge < -0.3 is 14.8 Å². The predicted octanol–water partition coefficient (Wildman–Crippen LogP) is 3.61. The van der Waals surface area contributed by atoms with Crippen LogP contribution < -0.4 is 10.1 Å². The first-order chi connectivity index (χ1) is 12.1. The van der Waals surface area contributed by atoms with E-state index < -0.39 is 5.97 Å². The van der Waals surface area contributed by atoms with Crippen molar-refractivity contribution in [3.05, 3.63) is 60.2 Å². The Hall–Kier alpha value is -2.73. The number of ether oxygens (including phenoxy) is 2. The van der Waals surface area contributed by atoms with Crippen molar-refractivity contribution >= 4 is 35.4 Å². The maximum atomic E-state index is 11.8. The largest absolute Gasteiger partial charge is 0.497 e. The molecule has 0 spiro atoms. The number of anilines is 1. The zero-order valence-electron chi connectivity index (χ0n) is 14.0. The quantitative estimate of drug-likeness (QED) is 0.466. The molecule has 0 aromatic heterocycles. The molecule has 5 nitrogen and oxygen atoms in total. The average molecular weight is 357 g/mol. The molecule has 0 aliphatic carbocycles. The second-order valence-corrected chi connectivity index (χ2v) is 5.87. The van der Waals surface area contributed by atoms with E-state index in [4.69, 9.17) is 9.47 Å². The lowest BCUT2D eigenvalue weighted by molar-refractivity contribution is -0.142. The van der Waals surface area contributed by atoms with Gasteiger partial charge in [0.2, 0.25) is 0 Å². The summed E-state index contributed by atoms with van der Waals surface area (Å²) in [5.74, 6) is -0.280. The SMILES string of the molecule is COc1cccc(/C=C/C(=O)OCC(=O)Nc2ccc(SC)cc2)c1. The zero-order valence-corrected chi connectivity index (χ0v) is 14.8. The van der Waals surface area contributed by atoms with Crippen LogP contribution in [0.1, 0.15) is 5.56 Å². The number of carbonyl (C=O) groups excluding carboxylic acids is 2. The Morgan fingerprint density at radius 1 is 1.16 bits per heavy atom. The molecule has 6 heteroatoms. The summed E-state index contributed by atoms with van der Waals surface area (Å²) in [6.07, 6.45) is 4.85. The first-order valence-corrected chi connectivity index (χ1v) is 8.76. The monoisotopic (exact) mass is 357 g/mol. The molecule has 0 unspecified atom stereocenters. The molecular weight excluding hydrogens is 338 g/mol. The molecule has 1 amide bonds. The highest BCUT2D eigenvalue weighted by Crippen LogP contribution is 2.17. The van der Waals surface area contributed by atoms with Crippen molar-refractivity contribution in [2.24, 2.45) is 0 Å². The summed E-state index contributed by atoms with van der Waals surface area (Å²) in [6.45, 7) is -0.342. The zero-order chi connectivity index (χ0) is 18.1. The molecule has 0 aliphatic rings. The van der Waals surface area contributed by atoms with Crippen LogP contribution in [0.5, 0.6) is 5.75 Å². The number of nitrogens with one attached hydrogen (secondary N) is 1. The molecule has 0 fully saturated rings. The van der Waals surface area contributed by atoms with E-state index in [1.54, 1.807) is 43.1 Å². The topological polar surface area (TPSA) is 64.6 Å². The Kier molecular flexibility index (Phi) is 7.10. The van der Waals surface area contributed by atoms with Gasteiger partial charge in [-0.1, -0.05) is 12.1 Å². The van der Waals surface area contributed by atoms with Gasteiger partial charge in [0, 0.05) is 16.7 Å². The Bertz CT molecular complexity index is 756. The standard InChI is InChI=1S/C19H19NO4S/c1-23-16-5-3-4-14(12-16)6-11-19(22)24-13-18(21)20-15-7-9-17(25-2)10-8-15/h3-12H,13H2,1-2H3,(H,20,21)/b11-6+. The molecule has 2 aromatic carbocycles. The fourth-order valence-electron chi connectivity index (χ4n) is 1.97. The summed E-state index contributed by atoms with van der Waals surface area (Å²) in [6, 6.07) is 14.7. The van der Waals surface area contributed by atoms with E-state index in [1.807, 2.05) is 36.6 Å². The minimum Gasteiger partial charge on any atom is -0.497 e. The number of benzene rings is 2. The van der Waals surface area contributed by atoms with Gasteiger partial charge in [-0.05, 0) is 54.3 Å². The van der Waals surface area contributed by atoms with Crippen LogP contribution in [0.3, 0.4) is 0 Å². The highest BCUT2D eigenvalue weighted by Gasteiger charge is 2.06. The van der Waals surface area contributed by atoms with E-state index in [9.17, 15) is 9.59 Å². The van der Waals surface area contributed by atoms with Crippen LogP contribution in [-0.2, 0) is 14.3 Å². The van der Waals surface area contributed by atoms with E-state index >= 15 is 0 Å². The summed E-state index contributed by atoms with van der Waals surface area (Å²) in [5, 5.41) is 2.67. The van der Waals surface area contributed by atoms with Crippen LogP contribution in [0.4, 0.5) is 5.69 Å². The Morgan fingerprint density at radius 3 is 2.60 bits per heavy atom. The first-order valence-electron chi connectivity index (χ1n) is 7.53. The van der Waals surface area contributed by atoms with Crippen molar-refractivity contribution in [1.29, 1.82) is 0 Å². The molecule has 0 saturated heterocycles. The van der Waals surface area contributed by atoms with Gasteiger partial charge in [0.15, 0.2) is 6.61 Å². The number of hydrogen-bond donors (Lipinski definition) is 1. The lowest BCUT2D eigenvalue weighted by Crippen LogP contribution is -2.20. The molecule has 0 radical (unpaired) electrons. The molecule has 130 valence electrons. The van der Waals surface area contributed by atoms with Crippen molar-refractivity contribution in [3.63, 3.8) is 0 Å². The third kappa shape index (κ3) is 6.35. The molecule has 25 heavy (non-hydrogen) atoms. The van der Waals surface area contributed by atoms with E-state index in [-0.39, 0.29) is 12.5 Å². The summed E-state index contributed by atoms with van der Waals surface area (Å²) in [4.78, 5) is 24.6. The van der Waals surface area contributed by atoms with Gasteiger partial charge in [-0.3, -0.25) is 4.79 Å². The molecule has 0 heterocycles. The number of esters is 1. The number of amides is 1. The maximum absolute atomic E-state index is 11.8. The number of rotatable bonds is 7. The highest BCUT2D eigenvalue weighted by atomic mass is 32.2. The van der Waals surface area contributed by atoms with E-state index in [1.165, 1.54) is 6.08 Å². The smallest absolute Gasteiger partial charge is 0.331 e. The maximum Gasteiger partial charge on any atom is 0.331 e. The number of thioether (sulfide) groups is 1. The molecule has 0 atom stereocenters. The van der Waals surface area contributed by atoms with Crippen LogP contribution in [-0.4, -0.2) is 31.8 Å². The van der Waals surface area contributed by atoms with Gasteiger partial charge in [-0.15, -0.1) is 11.8 Å². The Morgan fingerprint density at radius 2 is 1.92 bits per heavy atom. The summed E-state index contributed by atoms with van der Waals surface area (Å²) >= 11 is 1.62. The van der Waals surface area contributed by atoms with Crippen LogP contribution in [0.2, 0.25) is 0 Å². The summed E-state index contributed by atoms with van der Waals surface area (Å²) in [7, 11) is 1.57. The first kappa shape index (κ1) is 18.6. The van der Waals surface area contributed by atoms with Crippen LogP contribution in [0, 0.1) is 0 Å². The van der Waals surface area contributed by atoms with Crippen LogP contribution in [0.15, 0.2) is 59.5 Å². The molecule has 0 bridgehead atoms. The molecule has 1 N–H and O–H groups in total. The van der Waals surface area contributed by atoms with Gasteiger partial charge in [-0.25, -0.2) is 4.79 Å². The fraction of sp³-hybridized carbons (Fsp3) is 0.158. The fourth-order valence-corrected chi connectivity index (χ4v) is 2.37. The van der Waals surface area contributed by atoms with Gasteiger partial charge in [-0.2, -0.15) is 0 Å². The average Bonchev–Trinajstić information content (AvgIpc) is 2.65.